The molecule has 0 bridgehead atoms. The Morgan fingerprint density at radius 2 is 1.71 bits per heavy atom. The predicted molar refractivity (Wildman–Crippen MR) is 124 cm³/mol. The van der Waals surface area contributed by atoms with Gasteiger partial charge in [0.1, 0.15) is 5.76 Å². The van der Waals surface area contributed by atoms with Crippen LogP contribution < -0.4 is 0 Å². The molecule has 2 fully saturated rings. The average molecular weight is 425 g/mol. The third-order valence-electron chi connectivity index (χ3n) is 9.60. The van der Waals surface area contributed by atoms with Gasteiger partial charge >= 0.3 is 5.97 Å². The van der Waals surface area contributed by atoms with Crippen LogP contribution in [0.2, 0.25) is 0 Å². The molecular weight excluding hydrogens is 384 g/mol. The van der Waals surface area contributed by atoms with E-state index < -0.39 is 0 Å². The van der Waals surface area contributed by atoms with E-state index >= 15 is 0 Å². The molecule has 0 unspecified atom stereocenters. The molecule has 4 rings (SSSR count). The summed E-state index contributed by atoms with van der Waals surface area (Å²) in [5.41, 5.74) is 1.31. The van der Waals surface area contributed by atoms with Crippen molar-refractivity contribution in [3.63, 3.8) is 0 Å². The van der Waals surface area contributed by atoms with Crippen LogP contribution in [-0.4, -0.2) is 11.8 Å². The van der Waals surface area contributed by atoms with Crippen molar-refractivity contribution in [1.29, 1.82) is 0 Å². The van der Waals surface area contributed by atoms with Gasteiger partial charge in [0.2, 0.25) is 0 Å². The maximum absolute atomic E-state index is 12.7. The third kappa shape index (κ3) is 3.76. The molecular formula is C28H40O3. The second-order valence-electron chi connectivity index (χ2n) is 11.6. The minimum Gasteiger partial charge on any atom is -0.427 e. The minimum atomic E-state index is -0.281. The molecule has 0 N–H and O–H groups in total. The Labute approximate surface area is 188 Å². The first-order valence-electron chi connectivity index (χ1n) is 12.4. The molecule has 7 atom stereocenters. The molecule has 0 radical (unpaired) electrons. The van der Waals surface area contributed by atoms with Crippen LogP contribution in [0.25, 0.3) is 0 Å². The number of rotatable bonds is 4. The highest BCUT2D eigenvalue weighted by atomic mass is 16.5. The van der Waals surface area contributed by atoms with E-state index in [2.05, 4.69) is 53.7 Å². The van der Waals surface area contributed by atoms with E-state index in [-0.39, 0.29) is 22.6 Å². The average Bonchev–Trinajstić information content (AvgIpc) is 3.01. The smallest absolute Gasteiger partial charge is 0.335 e. The van der Waals surface area contributed by atoms with Gasteiger partial charge in [-0.1, -0.05) is 59.3 Å². The Morgan fingerprint density at radius 1 is 0.968 bits per heavy atom. The molecule has 4 aliphatic rings. The zero-order valence-electron chi connectivity index (χ0n) is 20.2. The Kier molecular flexibility index (Phi) is 5.85. The Bertz CT molecular complexity index is 846. The second kappa shape index (κ2) is 8.05. The molecule has 1 aliphatic heterocycles. The van der Waals surface area contributed by atoms with Gasteiger partial charge in [0.25, 0.3) is 0 Å². The number of hydrogen-bond acceptors (Lipinski definition) is 3. The molecule has 3 heteroatoms. The van der Waals surface area contributed by atoms with Crippen LogP contribution in [0.4, 0.5) is 0 Å². The molecule has 0 aromatic rings. The number of carbonyl (C=O) groups is 2. The van der Waals surface area contributed by atoms with Crippen LogP contribution in [-0.2, 0) is 14.3 Å². The molecule has 1 heterocycles. The predicted octanol–water partition coefficient (Wildman–Crippen LogP) is 6.65. The number of allylic oxidation sites excluding steroid dienone is 5. The lowest BCUT2D eigenvalue weighted by atomic mass is 9.53. The van der Waals surface area contributed by atoms with Gasteiger partial charge in [-0.3, -0.25) is 4.79 Å². The summed E-state index contributed by atoms with van der Waals surface area (Å²) in [5, 5.41) is 0. The van der Waals surface area contributed by atoms with Gasteiger partial charge in [0.05, 0.1) is 0 Å². The quantitative estimate of drug-likeness (QED) is 0.375. The highest BCUT2D eigenvalue weighted by Gasteiger charge is 2.57. The fourth-order valence-electron chi connectivity index (χ4n) is 7.15. The first kappa shape index (κ1) is 22.6. The Hall–Kier alpha value is -1.64. The van der Waals surface area contributed by atoms with E-state index in [4.69, 9.17) is 4.74 Å². The number of hydrogen-bond donors (Lipinski definition) is 0. The summed E-state index contributed by atoms with van der Waals surface area (Å²) in [7, 11) is 0. The van der Waals surface area contributed by atoms with Crippen molar-refractivity contribution < 1.29 is 14.3 Å². The lowest BCUT2D eigenvalue weighted by molar-refractivity contribution is -0.136. The van der Waals surface area contributed by atoms with Crippen molar-refractivity contribution >= 4 is 11.8 Å². The van der Waals surface area contributed by atoms with Gasteiger partial charge in [0.15, 0.2) is 5.78 Å². The molecule has 31 heavy (non-hydrogen) atoms. The summed E-state index contributed by atoms with van der Waals surface area (Å²) in [5.74, 6) is 3.62. The minimum absolute atomic E-state index is 0.0848. The van der Waals surface area contributed by atoms with E-state index in [1.54, 1.807) is 6.08 Å². The molecule has 0 saturated heterocycles. The fraction of sp³-hybridized carbons (Fsp3) is 0.714. The molecule has 2 saturated carbocycles. The standard InChI is InChI=1S/C28H40O3/c1-17(2)18(3)7-8-19(4)22-9-10-23-21-16-26(30)31-25-15-20(29)11-13-28(25,6)24(21)12-14-27(22,23)5/h7-8,15-19,22-24H,9-14H2,1-6H3/b8-7+/t18-,19-,22-,23+,24+,27-,28-/m1/s1. The number of ketones is 1. The Balaban J connectivity index is 1.63. The van der Waals surface area contributed by atoms with Crippen molar-refractivity contribution in [3.05, 3.63) is 35.6 Å². The zero-order valence-corrected chi connectivity index (χ0v) is 20.2. The van der Waals surface area contributed by atoms with Crippen molar-refractivity contribution in [1.82, 2.24) is 0 Å². The summed E-state index contributed by atoms with van der Waals surface area (Å²) in [6.07, 6.45) is 14.3. The maximum Gasteiger partial charge on any atom is 0.335 e. The lowest BCUT2D eigenvalue weighted by Gasteiger charge is -2.51. The van der Waals surface area contributed by atoms with Crippen LogP contribution in [0.1, 0.15) is 80.1 Å². The van der Waals surface area contributed by atoms with Crippen molar-refractivity contribution in [2.24, 2.45) is 46.3 Å². The van der Waals surface area contributed by atoms with Gasteiger partial charge in [-0.05, 0) is 73.0 Å². The van der Waals surface area contributed by atoms with Crippen LogP contribution in [0, 0.1) is 46.3 Å². The highest BCUT2D eigenvalue weighted by molar-refractivity contribution is 5.93. The topological polar surface area (TPSA) is 43.4 Å². The van der Waals surface area contributed by atoms with E-state index in [0.29, 0.717) is 47.7 Å². The highest BCUT2D eigenvalue weighted by Crippen LogP contribution is 2.65. The van der Waals surface area contributed by atoms with E-state index in [1.165, 1.54) is 18.4 Å². The summed E-state index contributed by atoms with van der Waals surface area (Å²) in [4.78, 5) is 24.8. The monoisotopic (exact) mass is 424 g/mol. The first-order chi connectivity index (χ1) is 14.6. The summed E-state index contributed by atoms with van der Waals surface area (Å²) < 4.78 is 5.74. The number of ether oxygens (including phenoxy) is 1. The second-order valence-corrected chi connectivity index (χ2v) is 11.6. The van der Waals surface area contributed by atoms with Gasteiger partial charge in [-0.2, -0.15) is 0 Å². The van der Waals surface area contributed by atoms with Crippen LogP contribution in [0.3, 0.4) is 0 Å². The number of carbonyl (C=O) groups excluding carboxylic acids is 2. The molecule has 3 aliphatic carbocycles. The van der Waals surface area contributed by atoms with Gasteiger partial charge in [0, 0.05) is 24.0 Å². The first-order valence-corrected chi connectivity index (χ1v) is 12.4. The van der Waals surface area contributed by atoms with Crippen LogP contribution in [0.15, 0.2) is 35.6 Å². The van der Waals surface area contributed by atoms with Crippen LogP contribution in [0.5, 0.6) is 0 Å². The number of fused-ring (bicyclic) bond motifs is 5. The van der Waals surface area contributed by atoms with Gasteiger partial charge in [-0.15, -0.1) is 0 Å². The van der Waals surface area contributed by atoms with E-state index in [1.807, 2.05) is 6.08 Å². The normalized spacial score (nSPS) is 39.8. The fourth-order valence-corrected chi connectivity index (χ4v) is 7.15. The number of esters is 1. The van der Waals surface area contributed by atoms with Crippen molar-refractivity contribution in [2.75, 3.05) is 0 Å². The largest absolute Gasteiger partial charge is 0.427 e. The lowest BCUT2D eigenvalue weighted by Crippen LogP contribution is -2.44. The molecule has 170 valence electrons. The summed E-state index contributed by atoms with van der Waals surface area (Å²) >= 11 is 0. The molecule has 0 spiro atoms. The summed E-state index contributed by atoms with van der Waals surface area (Å²) in [6.45, 7) is 14.0. The summed E-state index contributed by atoms with van der Waals surface area (Å²) in [6, 6.07) is 0. The molecule has 0 aromatic heterocycles. The van der Waals surface area contributed by atoms with E-state index in [9.17, 15) is 9.59 Å². The SMILES string of the molecule is CC(C)[C@H](C)/C=C/[C@@H](C)[C@H]1CC[C@H]2C3=CC(=O)OC4=CC(=O)CC[C@]4(C)[C@H]3CC[C@]12C. The molecule has 0 aromatic carbocycles. The Morgan fingerprint density at radius 3 is 2.42 bits per heavy atom. The maximum atomic E-state index is 12.7. The molecule has 0 amide bonds. The molecule has 3 nitrogen and oxygen atoms in total. The van der Waals surface area contributed by atoms with Gasteiger partial charge in [-0.25, -0.2) is 4.79 Å². The van der Waals surface area contributed by atoms with E-state index in [0.717, 1.165) is 19.3 Å². The third-order valence-corrected chi connectivity index (χ3v) is 9.60. The van der Waals surface area contributed by atoms with Gasteiger partial charge < -0.3 is 4.74 Å². The van der Waals surface area contributed by atoms with Crippen LogP contribution >= 0.6 is 0 Å². The van der Waals surface area contributed by atoms with Crippen molar-refractivity contribution in [2.45, 2.75) is 80.1 Å². The zero-order chi connectivity index (χ0) is 22.6. The van der Waals surface area contributed by atoms with Crippen molar-refractivity contribution in [3.8, 4) is 0 Å².